The maximum Gasteiger partial charge on any atom is 0.412 e. The Labute approximate surface area is 182 Å². The molecule has 3 atom stereocenters. The highest BCUT2D eigenvalue weighted by atomic mass is 19.4. The summed E-state index contributed by atoms with van der Waals surface area (Å²) in [6.07, 6.45) is -3.29. The van der Waals surface area contributed by atoms with Crippen molar-refractivity contribution in [3.8, 4) is 0 Å². The van der Waals surface area contributed by atoms with E-state index in [1.54, 1.807) is 19.1 Å². The fraction of sp³-hybridized carbons (Fsp3) is 0.333. The molecule has 3 rings (SSSR count). The Morgan fingerprint density at radius 2 is 1.91 bits per heavy atom. The molecule has 1 saturated heterocycles. The molecule has 0 spiro atoms. The minimum atomic E-state index is -4.81. The lowest BCUT2D eigenvalue weighted by molar-refractivity contribution is -0.162. The number of nitrogens with one attached hydrogen (secondary N) is 2. The number of likely N-dealkylation sites (tertiary alicyclic amines) is 1. The molecule has 2 heterocycles. The van der Waals surface area contributed by atoms with Gasteiger partial charge >= 0.3 is 12.2 Å². The molecule has 32 heavy (non-hydrogen) atoms. The molecule has 0 bridgehead atoms. The number of urea groups is 1. The fourth-order valence-corrected chi connectivity index (χ4v) is 3.62. The maximum atomic E-state index is 13.6. The number of nitrogen functional groups attached to an aromatic ring is 1. The largest absolute Gasteiger partial charge is 0.412 e. The first-order chi connectivity index (χ1) is 15.1. The average Bonchev–Trinajstić information content (AvgIpc) is 2.73. The van der Waals surface area contributed by atoms with E-state index in [0.717, 1.165) is 0 Å². The van der Waals surface area contributed by atoms with E-state index in [0.29, 0.717) is 10.5 Å². The number of likely N-dealkylation sites (N-methyl/N-ethyl adjacent to an activating group) is 1. The molecule has 1 aromatic heterocycles. The molecule has 1 aliphatic heterocycles. The predicted octanol–water partition coefficient (Wildman–Crippen LogP) is 2.18. The lowest BCUT2D eigenvalue weighted by Crippen LogP contribution is -2.70. The molecule has 170 valence electrons. The number of anilines is 1. The van der Waals surface area contributed by atoms with E-state index in [-0.39, 0.29) is 24.3 Å². The number of hydrogen-bond acceptors (Lipinski definition) is 5. The first-order valence-electron chi connectivity index (χ1n) is 9.86. The van der Waals surface area contributed by atoms with Crippen LogP contribution in [0.3, 0.4) is 0 Å². The third kappa shape index (κ3) is 4.82. The number of nitrogens with zero attached hydrogens (tertiary/aromatic N) is 2. The Morgan fingerprint density at radius 3 is 2.50 bits per heavy atom. The zero-order chi connectivity index (χ0) is 23.5. The standard InChI is InChI=1S/C21H22F3N5O3/c1-2-26-18(30)16-14(10-12-8-9-27-15(25)11-12)19(31)29(16)20(32)28-17(21(22,23)24)13-6-4-3-5-7-13/h3-9,11,14,16-17H,2,10H2,1H3,(H2,25,27)(H,26,30)(H,28,32)/t14-,16+,17+/m1/s1. The van der Waals surface area contributed by atoms with E-state index in [1.165, 1.54) is 36.5 Å². The summed E-state index contributed by atoms with van der Waals surface area (Å²) in [6.45, 7) is 1.87. The van der Waals surface area contributed by atoms with E-state index in [9.17, 15) is 27.6 Å². The summed E-state index contributed by atoms with van der Waals surface area (Å²) >= 11 is 0. The number of carbonyl (C=O) groups excluding carboxylic acids is 3. The minimum absolute atomic E-state index is 0.0819. The van der Waals surface area contributed by atoms with Crippen LogP contribution in [0.4, 0.5) is 23.8 Å². The second kappa shape index (κ2) is 9.25. The molecule has 1 fully saturated rings. The Hall–Kier alpha value is -3.63. The van der Waals surface area contributed by atoms with Crippen LogP contribution in [0.25, 0.3) is 0 Å². The topological polar surface area (TPSA) is 117 Å². The Bertz CT molecular complexity index is 1000. The third-order valence-electron chi connectivity index (χ3n) is 5.08. The highest BCUT2D eigenvalue weighted by molar-refractivity contribution is 6.09. The van der Waals surface area contributed by atoms with Crippen LogP contribution >= 0.6 is 0 Å². The van der Waals surface area contributed by atoms with Crippen molar-refractivity contribution in [3.05, 3.63) is 59.8 Å². The predicted molar refractivity (Wildman–Crippen MR) is 109 cm³/mol. The summed E-state index contributed by atoms with van der Waals surface area (Å²) in [6, 6.07) is 5.05. The molecule has 0 aliphatic carbocycles. The van der Waals surface area contributed by atoms with Crippen LogP contribution in [0.15, 0.2) is 48.7 Å². The monoisotopic (exact) mass is 449 g/mol. The van der Waals surface area contributed by atoms with Crippen LogP contribution < -0.4 is 16.4 Å². The number of hydrogen-bond donors (Lipinski definition) is 3. The smallest absolute Gasteiger partial charge is 0.384 e. The molecule has 0 unspecified atom stereocenters. The van der Waals surface area contributed by atoms with E-state index >= 15 is 0 Å². The van der Waals surface area contributed by atoms with Crippen LogP contribution in [0, 0.1) is 5.92 Å². The number of nitrogens with two attached hydrogens (primary N) is 1. The average molecular weight is 449 g/mol. The van der Waals surface area contributed by atoms with Gasteiger partial charge in [0.25, 0.3) is 0 Å². The Balaban J connectivity index is 1.83. The first kappa shape index (κ1) is 23.0. The van der Waals surface area contributed by atoms with E-state index in [2.05, 4.69) is 10.3 Å². The molecule has 4 amide bonds. The van der Waals surface area contributed by atoms with Gasteiger partial charge in [0.15, 0.2) is 6.04 Å². The van der Waals surface area contributed by atoms with Crippen molar-refractivity contribution in [1.29, 1.82) is 0 Å². The molecule has 1 aliphatic rings. The summed E-state index contributed by atoms with van der Waals surface area (Å²) < 4.78 is 40.8. The molecule has 2 aromatic rings. The molecule has 0 saturated carbocycles. The summed E-state index contributed by atoms with van der Waals surface area (Å²) in [5.41, 5.74) is 6.06. The number of pyridine rings is 1. The van der Waals surface area contributed by atoms with Crippen LogP contribution in [-0.4, -0.2) is 46.5 Å². The van der Waals surface area contributed by atoms with Crippen molar-refractivity contribution in [2.45, 2.75) is 31.6 Å². The van der Waals surface area contributed by atoms with Gasteiger partial charge < -0.3 is 16.4 Å². The maximum absolute atomic E-state index is 13.6. The van der Waals surface area contributed by atoms with Gasteiger partial charge in [-0.15, -0.1) is 0 Å². The number of rotatable bonds is 6. The van der Waals surface area contributed by atoms with Gasteiger partial charge in [0.1, 0.15) is 11.9 Å². The van der Waals surface area contributed by atoms with E-state index in [4.69, 9.17) is 5.73 Å². The summed E-state index contributed by atoms with van der Waals surface area (Å²) in [4.78, 5) is 42.4. The van der Waals surface area contributed by atoms with Gasteiger partial charge in [-0.3, -0.25) is 14.5 Å². The number of imide groups is 1. The molecular formula is C21H22F3N5O3. The van der Waals surface area contributed by atoms with Crippen molar-refractivity contribution in [2.24, 2.45) is 5.92 Å². The zero-order valence-electron chi connectivity index (χ0n) is 17.1. The number of halogens is 3. The highest BCUT2D eigenvalue weighted by Gasteiger charge is 2.55. The fourth-order valence-electron chi connectivity index (χ4n) is 3.62. The molecule has 1 aromatic carbocycles. The van der Waals surface area contributed by atoms with Crippen molar-refractivity contribution < 1.29 is 27.6 Å². The van der Waals surface area contributed by atoms with Gasteiger partial charge in [-0.25, -0.2) is 9.78 Å². The third-order valence-corrected chi connectivity index (χ3v) is 5.08. The molecule has 8 nitrogen and oxygen atoms in total. The number of amides is 4. The normalized spacial score (nSPS) is 19.1. The first-order valence-corrected chi connectivity index (χ1v) is 9.86. The van der Waals surface area contributed by atoms with Crippen LogP contribution in [-0.2, 0) is 16.0 Å². The van der Waals surface area contributed by atoms with Crippen molar-refractivity contribution in [1.82, 2.24) is 20.5 Å². The number of carbonyl (C=O) groups is 3. The summed E-state index contributed by atoms with van der Waals surface area (Å²) in [5.74, 6) is -2.08. The van der Waals surface area contributed by atoms with Gasteiger partial charge in [0.2, 0.25) is 11.8 Å². The minimum Gasteiger partial charge on any atom is -0.384 e. The van der Waals surface area contributed by atoms with E-state index in [1.807, 2.05) is 5.32 Å². The molecular weight excluding hydrogens is 427 g/mol. The van der Waals surface area contributed by atoms with Gasteiger partial charge in [-0.05, 0) is 36.6 Å². The lowest BCUT2D eigenvalue weighted by atomic mass is 9.82. The SMILES string of the molecule is CCNC(=O)[C@@H]1[C@@H](Cc2ccnc(N)c2)C(=O)N1C(=O)N[C@@H](c1ccccc1)C(F)(F)F. The van der Waals surface area contributed by atoms with Crippen molar-refractivity contribution >= 4 is 23.7 Å². The molecule has 11 heteroatoms. The highest BCUT2D eigenvalue weighted by Crippen LogP contribution is 2.35. The van der Waals surface area contributed by atoms with Gasteiger partial charge in [-0.1, -0.05) is 30.3 Å². The van der Waals surface area contributed by atoms with Crippen LogP contribution in [0.5, 0.6) is 0 Å². The second-order valence-corrected chi connectivity index (χ2v) is 7.28. The van der Waals surface area contributed by atoms with Crippen molar-refractivity contribution in [2.75, 3.05) is 12.3 Å². The number of benzene rings is 1. The van der Waals surface area contributed by atoms with Crippen LogP contribution in [0.1, 0.15) is 24.1 Å². The quantitative estimate of drug-likeness (QED) is 0.585. The van der Waals surface area contributed by atoms with Gasteiger partial charge in [0.05, 0.1) is 5.92 Å². The number of β-lactam (4-membered cyclic amide) rings is 1. The van der Waals surface area contributed by atoms with E-state index < -0.39 is 42.0 Å². The summed E-state index contributed by atoms with van der Waals surface area (Å²) in [7, 11) is 0. The second-order valence-electron chi connectivity index (χ2n) is 7.28. The number of alkyl halides is 3. The lowest BCUT2D eigenvalue weighted by Gasteiger charge is -2.44. The Kier molecular flexibility index (Phi) is 6.66. The van der Waals surface area contributed by atoms with Gasteiger partial charge in [-0.2, -0.15) is 13.2 Å². The van der Waals surface area contributed by atoms with Crippen LogP contribution in [0.2, 0.25) is 0 Å². The number of aromatic nitrogens is 1. The molecule has 0 radical (unpaired) electrons. The molecule has 4 N–H and O–H groups in total. The Morgan fingerprint density at radius 1 is 1.22 bits per heavy atom. The van der Waals surface area contributed by atoms with Crippen molar-refractivity contribution in [3.63, 3.8) is 0 Å². The summed E-state index contributed by atoms with van der Waals surface area (Å²) in [5, 5.41) is 4.38. The van der Waals surface area contributed by atoms with Gasteiger partial charge in [0, 0.05) is 12.7 Å². The zero-order valence-corrected chi connectivity index (χ0v) is 17.1.